The third kappa shape index (κ3) is 2.82. The average molecular weight is 317 g/mol. The minimum atomic E-state index is 0.706. The van der Waals surface area contributed by atoms with E-state index in [1.165, 1.54) is 22.3 Å². The van der Waals surface area contributed by atoms with Crippen molar-refractivity contribution in [3.8, 4) is 0 Å². The predicted molar refractivity (Wildman–Crippen MR) is 90.7 cm³/mol. The lowest BCUT2D eigenvalue weighted by Gasteiger charge is -2.35. The van der Waals surface area contributed by atoms with Crippen molar-refractivity contribution in [2.24, 2.45) is 0 Å². The Balaban J connectivity index is 1.36. The number of hydrogen-bond acceptors (Lipinski definition) is 5. The van der Waals surface area contributed by atoms with Gasteiger partial charge in [0.25, 0.3) is 0 Å². The van der Waals surface area contributed by atoms with Crippen molar-refractivity contribution < 1.29 is 0 Å². The van der Waals surface area contributed by atoms with Crippen molar-refractivity contribution >= 4 is 28.2 Å². The van der Waals surface area contributed by atoms with Gasteiger partial charge >= 0.3 is 0 Å². The third-order valence-electron chi connectivity index (χ3n) is 4.34. The standard InChI is InChI=1S/C16H19N3S2/c1-2-4-15-14(3-1)13(12-21-15)11-18-6-8-19(9-7-18)16-17-5-10-20-16/h1-5,10,13H,6-9,11-12H2. The van der Waals surface area contributed by atoms with E-state index in [0.29, 0.717) is 5.92 Å². The van der Waals surface area contributed by atoms with Crippen LogP contribution in [-0.4, -0.2) is 48.4 Å². The van der Waals surface area contributed by atoms with Gasteiger partial charge in [0.2, 0.25) is 0 Å². The second-order valence-corrected chi connectivity index (χ2v) is 7.58. The monoisotopic (exact) mass is 317 g/mol. The Morgan fingerprint density at radius 2 is 2.00 bits per heavy atom. The molecule has 5 heteroatoms. The first-order chi connectivity index (χ1) is 10.4. The molecule has 0 bridgehead atoms. The van der Waals surface area contributed by atoms with Crippen LogP contribution in [0.4, 0.5) is 5.13 Å². The summed E-state index contributed by atoms with van der Waals surface area (Å²) in [7, 11) is 0. The van der Waals surface area contributed by atoms with Crippen LogP contribution in [0.1, 0.15) is 11.5 Å². The molecule has 1 saturated heterocycles. The zero-order chi connectivity index (χ0) is 14.1. The lowest BCUT2D eigenvalue weighted by atomic mass is 10.0. The molecule has 2 aromatic rings. The molecule has 21 heavy (non-hydrogen) atoms. The number of aromatic nitrogens is 1. The van der Waals surface area contributed by atoms with E-state index in [0.717, 1.165) is 26.2 Å². The molecule has 0 saturated carbocycles. The van der Waals surface area contributed by atoms with Gasteiger partial charge in [0.05, 0.1) is 0 Å². The van der Waals surface area contributed by atoms with Crippen LogP contribution in [0.5, 0.6) is 0 Å². The number of thiazole rings is 1. The molecule has 1 fully saturated rings. The minimum absolute atomic E-state index is 0.706. The highest BCUT2D eigenvalue weighted by molar-refractivity contribution is 7.99. The van der Waals surface area contributed by atoms with Crippen molar-refractivity contribution in [3.63, 3.8) is 0 Å². The van der Waals surface area contributed by atoms with Crippen LogP contribution >= 0.6 is 23.1 Å². The summed E-state index contributed by atoms with van der Waals surface area (Å²) in [5.74, 6) is 1.95. The number of anilines is 1. The molecule has 1 atom stereocenters. The number of hydrogen-bond donors (Lipinski definition) is 0. The van der Waals surface area contributed by atoms with Crippen LogP contribution in [0.3, 0.4) is 0 Å². The van der Waals surface area contributed by atoms with Crippen LogP contribution in [0, 0.1) is 0 Å². The molecular weight excluding hydrogens is 298 g/mol. The van der Waals surface area contributed by atoms with E-state index in [-0.39, 0.29) is 0 Å². The Kier molecular flexibility index (Phi) is 3.88. The van der Waals surface area contributed by atoms with Crippen LogP contribution in [-0.2, 0) is 0 Å². The minimum Gasteiger partial charge on any atom is -0.346 e. The summed E-state index contributed by atoms with van der Waals surface area (Å²) in [6, 6.07) is 8.91. The van der Waals surface area contributed by atoms with Gasteiger partial charge in [-0.1, -0.05) is 18.2 Å². The van der Waals surface area contributed by atoms with E-state index < -0.39 is 0 Å². The average Bonchev–Trinajstić information content (AvgIpc) is 3.19. The van der Waals surface area contributed by atoms with Crippen LogP contribution in [0.15, 0.2) is 40.7 Å². The van der Waals surface area contributed by atoms with Crippen molar-refractivity contribution in [1.82, 2.24) is 9.88 Å². The second kappa shape index (κ2) is 5.99. The van der Waals surface area contributed by atoms with Gasteiger partial charge in [0.15, 0.2) is 5.13 Å². The molecule has 0 amide bonds. The SMILES string of the molecule is c1ccc2c(c1)SCC2CN1CCN(c2nccs2)CC1. The molecule has 1 aromatic carbocycles. The lowest BCUT2D eigenvalue weighted by molar-refractivity contribution is 0.247. The maximum atomic E-state index is 4.42. The van der Waals surface area contributed by atoms with Gasteiger partial charge in [-0.15, -0.1) is 23.1 Å². The predicted octanol–water partition coefficient (Wildman–Crippen LogP) is 3.15. The molecule has 2 aliphatic rings. The highest BCUT2D eigenvalue weighted by Gasteiger charge is 2.26. The van der Waals surface area contributed by atoms with Gasteiger partial charge < -0.3 is 4.90 Å². The number of rotatable bonds is 3. The Morgan fingerprint density at radius 1 is 1.14 bits per heavy atom. The fraction of sp³-hybridized carbons (Fsp3) is 0.438. The molecule has 0 spiro atoms. The number of nitrogens with zero attached hydrogens (tertiary/aromatic N) is 3. The van der Waals surface area contributed by atoms with E-state index in [9.17, 15) is 0 Å². The molecule has 3 heterocycles. The summed E-state index contributed by atoms with van der Waals surface area (Å²) in [5.41, 5.74) is 1.56. The molecule has 2 aliphatic heterocycles. The molecule has 1 aromatic heterocycles. The van der Waals surface area contributed by atoms with Crippen molar-refractivity contribution in [2.75, 3.05) is 43.4 Å². The lowest BCUT2D eigenvalue weighted by Crippen LogP contribution is -2.47. The number of thioether (sulfide) groups is 1. The highest BCUT2D eigenvalue weighted by Crippen LogP contribution is 2.39. The summed E-state index contributed by atoms with van der Waals surface area (Å²) in [5, 5.41) is 3.24. The van der Waals surface area contributed by atoms with E-state index in [2.05, 4.69) is 44.4 Å². The summed E-state index contributed by atoms with van der Waals surface area (Å²) in [6.45, 7) is 5.73. The molecule has 4 rings (SSSR count). The number of fused-ring (bicyclic) bond motifs is 1. The molecule has 0 radical (unpaired) electrons. The highest BCUT2D eigenvalue weighted by atomic mass is 32.2. The first-order valence-electron chi connectivity index (χ1n) is 7.49. The summed E-state index contributed by atoms with van der Waals surface area (Å²) < 4.78 is 0. The molecule has 0 N–H and O–H groups in total. The van der Waals surface area contributed by atoms with Crippen molar-refractivity contribution in [3.05, 3.63) is 41.4 Å². The quantitative estimate of drug-likeness (QED) is 0.866. The van der Waals surface area contributed by atoms with Crippen LogP contribution in [0.25, 0.3) is 0 Å². The molecule has 1 unspecified atom stereocenters. The van der Waals surface area contributed by atoms with Gasteiger partial charge in [-0.25, -0.2) is 4.98 Å². The van der Waals surface area contributed by atoms with Crippen molar-refractivity contribution in [1.29, 1.82) is 0 Å². The number of benzene rings is 1. The Hall–Kier alpha value is -1.04. The van der Waals surface area contributed by atoms with Crippen LogP contribution < -0.4 is 4.90 Å². The second-order valence-electron chi connectivity index (χ2n) is 5.65. The van der Waals surface area contributed by atoms with Gasteiger partial charge in [-0.2, -0.15) is 0 Å². The summed E-state index contributed by atoms with van der Waals surface area (Å²) in [6.07, 6.45) is 1.90. The molecule has 3 nitrogen and oxygen atoms in total. The first-order valence-corrected chi connectivity index (χ1v) is 9.35. The third-order valence-corrected chi connectivity index (χ3v) is 6.42. The Morgan fingerprint density at radius 3 is 2.81 bits per heavy atom. The fourth-order valence-electron chi connectivity index (χ4n) is 3.19. The molecule has 0 aliphatic carbocycles. The van der Waals surface area contributed by atoms with E-state index in [4.69, 9.17) is 0 Å². The Bertz CT molecular complexity index is 591. The smallest absolute Gasteiger partial charge is 0.185 e. The van der Waals surface area contributed by atoms with Crippen LogP contribution in [0.2, 0.25) is 0 Å². The normalized spacial score (nSPS) is 22.5. The van der Waals surface area contributed by atoms with Gasteiger partial charge in [0, 0.05) is 60.9 Å². The van der Waals surface area contributed by atoms with Gasteiger partial charge in [-0.3, -0.25) is 4.90 Å². The maximum Gasteiger partial charge on any atom is 0.185 e. The molecule has 110 valence electrons. The van der Waals surface area contributed by atoms with Gasteiger partial charge in [0.1, 0.15) is 0 Å². The summed E-state index contributed by atoms with van der Waals surface area (Å²) in [4.78, 5) is 10.9. The fourth-order valence-corrected chi connectivity index (χ4v) is 5.12. The Labute approximate surface area is 134 Å². The zero-order valence-electron chi connectivity index (χ0n) is 11.9. The summed E-state index contributed by atoms with van der Waals surface area (Å²) >= 11 is 3.76. The largest absolute Gasteiger partial charge is 0.346 e. The maximum absolute atomic E-state index is 4.42. The van der Waals surface area contributed by atoms with E-state index in [1.807, 2.05) is 18.0 Å². The van der Waals surface area contributed by atoms with Crippen molar-refractivity contribution in [2.45, 2.75) is 10.8 Å². The topological polar surface area (TPSA) is 19.4 Å². The van der Waals surface area contributed by atoms with E-state index in [1.54, 1.807) is 16.9 Å². The zero-order valence-corrected chi connectivity index (χ0v) is 13.6. The van der Waals surface area contributed by atoms with Gasteiger partial charge in [-0.05, 0) is 11.6 Å². The van der Waals surface area contributed by atoms with E-state index >= 15 is 0 Å². The molecular formula is C16H19N3S2. The first kappa shape index (κ1) is 13.6. The number of piperazine rings is 1.